The fourth-order valence-electron chi connectivity index (χ4n) is 2.67. The van der Waals surface area contributed by atoms with E-state index in [0.717, 1.165) is 5.56 Å². The molecule has 0 unspecified atom stereocenters. The average molecular weight is 348 g/mol. The van der Waals surface area contributed by atoms with Crippen molar-refractivity contribution in [3.05, 3.63) is 55.9 Å². The highest BCUT2D eigenvalue weighted by Gasteiger charge is 2.31. The van der Waals surface area contributed by atoms with E-state index >= 15 is 0 Å². The maximum atomic E-state index is 12.5. The molecule has 0 saturated heterocycles. The number of thioether (sulfide) groups is 1. The van der Waals surface area contributed by atoms with E-state index < -0.39 is 4.92 Å². The number of H-pyrrole nitrogens is 1. The Morgan fingerprint density at radius 2 is 1.96 bits per heavy atom. The number of carbonyl (C=O) groups excluding carboxylic acids is 1. The van der Waals surface area contributed by atoms with Gasteiger partial charge in [0.2, 0.25) is 5.91 Å². The van der Waals surface area contributed by atoms with Crippen LogP contribution in [0.1, 0.15) is 36.3 Å². The summed E-state index contributed by atoms with van der Waals surface area (Å²) >= 11 is 1.33. The van der Waals surface area contributed by atoms with Crippen LogP contribution in [0.15, 0.2) is 29.1 Å². The number of nitrogens with zero attached hydrogens (tertiary/aromatic N) is 2. The minimum absolute atomic E-state index is 0.0135. The Bertz CT molecular complexity index is 853. The summed E-state index contributed by atoms with van der Waals surface area (Å²) in [5, 5.41) is 16.0. The normalized spacial score (nSPS) is 17.3. The molecule has 1 amide bonds. The fraction of sp³-hybridized carbons (Fsp3) is 0.333. The highest BCUT2D eigenvalue weighted by atomic mass is 32.2. The molecule has 1 aliphatic rings. The van der Waals surface area contributed by atoms with Gasteiger partial charge in [-0.15, -0.1) is 11.8 Å². The van der Waals surface area contributed by atoms with Crippen molar-refractivity contribution in [1.82, 2.24) is 9.78 Å². The first kappa shape index (κ1) is 16.3. The maximum absolute atomic E-state index is 12.5. The Kier molecular flexibility index (Phi) is 4.18. The number of aromatic nitrogens is 2. The number of hydrogen-bond acceptors (Lipinski definition) is 5. The van der Waals surface area contributed by atoms with Crippen molar-refractivity contribution in [2.24, 2.45) is 0 Å². The van der Waals surface area contributed by atoms with E-state index in [-0.39, 0.29) is 34.2 Å². The van der Waals surface area contributed by atoms with Gasteiger partial charge in [-0.2, -0.15) is 0 Å². The summed E-state index contributed by atoms with van der Waals surface area (Å²) in [7, 11) is 0. The number of amides is 1. The third-order valence-corrected chi connectivity index (χ3v) is 5.06. The van der Waals surface area contributed by atoms with Crippen LogP contribution in [0.5, 0.6) is 0 Å². The van der Waals surface area contributed by atoms with Crippen molar-refractivity contribution in [2.45, 2.75) is 25.1 Å². The van der Waals surface area contributed by atoms with E-state index in [1.807, 2.05) is 13.8 Å². The third-order valence-electron chi connectivity index (χ3n) is 3.79. The molecule has 0 aliphatic carbocycles. The first-order valence-electron chi connectivity index (χ1n) is 7.38. The zero-order valence-electron chi connectivity index (χ0n) is 13.1. The molecule has 126 valence electrons. The lowest BCUT2D eigenvalue weighted by Crippen LogP contribution is -2.17. The lowest BCUT2D eigenvalue weighted by Gasteiger charge is -2.14. The summed E-state index contributed by atoms with van der Waals surface area (Å²) in [5.41, 5.74) is 0.931. The minimum Gasteiger partial charge on any atom is -0.310 e. The standard InChI is InChI=1S/C15H16N4O4S/c1-8(2)18-14-12(15(21)17-18)13(24-7-11(20)16-14)9-3-5-10(6-4-9)19(22)23/h3-6,8,13H,7H2,1-2H3,(H,16,20)(H,17,21)/t13-/m0/s1. The van der Waals surface area contributed by atoms with Crippen LogP contribution >= 0.6 is 11.8 Å². The van der Waals surface area contributed by atoms with E-state index in [1.54, 1.807) is 16.8 Å². The van der Waals surface area contributed by atoms with Crippen LogP contribution in [0.2, 0.25) is 0 Å². The molecule has 0 radical (unpaired) electrons. The molecule has 8 nitrogen and oxygen atoms in total. The molecule has 3 rings (SSSR count). The number of rotatable bonds is 3. The molecular formula is C15H16N4O4S. The molecule has 2 N–H and O–H groups in total. The monoisotopic (exact) mass is 348 g/mol. The van der Waals surface area contributed by atoms with E-state index in [2.05, 4.69) is 10.4 Å². The van der Waals surface area contributed by atoms with Crippen molar-refractivity contribution in [1.29, 1.82) is 0 Å². The molecule has 1 aromatic carbocycles. The van der Waals surface area contributed by atoms with Gasteiger partial charge in [0.1, 0.15) is 5.82 Å². The van der Waals surface area contributed by atoms with Crippen LogP contribution < -0.4 is 10.9 Å². The molecule has 9 heteroatoms. The second-order valence-electron chi connectivity index (χ2n) is 5.75. The predicted molar refractivity (Wildman–Crippen MR) is 91.5 cm³/mol. The molecule has 0 saturated carbocycles. The highest BCUT2D eigenvalue weighted by Crippen LogP contribution is 2.40. The van der Waals surface area contributed by atoms with Gasteiger partial charge in [0.25, 0.3) is 11.2 Å². The van der Waals surface area contributed by atoms with Crippen molar-refractivity contribution in [3.8, 4) is 0 Å². The molecular weight excluding hydrogens is 332 g/mol. The van der Waals surface area contributed by atoms with Gasteiger partial charge in [-0.1, -0.05) is 12.1 Å². The minimum atomic E-state index is -0.470. The van der Waals surface area contributed by atoms with Crippen LogP contribution in [0.4, 0.5) is 11.5 Å². The molecule has 1 aliphatic heterocycles. The van der Waals surface area contributed by atoms with Gasteiger partial charge in [0.05, 0.1) is 21.5 Å². The number of anilines is 1. The lowest BCUT2D eigenvalue weighted by atomic mass is 10.1. The van der Waals surface area contributed by atoms with Gasteiger partial charge in [-0.05, 0) is 19.4 Å². The molecule has 0 bridgehead atoms. The zero-order chi connectivity index (χ0) is 17.4. The van der Waals surface area contributed by atoms with Crippen LogP contribution in [0.3, 0.4) is 0 Å². The lowest BCUT2D eigenvalue weighted by molar-refractivity contribution is -0.384. The number of fused-ring (bicyclic) bond motifs is 1. The number of hydrogen-bond donors (Lipinski definition) is 2. The van der Waals surface area contributed by atoms with Crippen LogP contribution in [-0.2, 0) is 4.79 Å². The predicted octanol–water partition coefficient (Wildman–Crippen LogP) is 2.44. The summed E-state index contributed by atoms with van der Waals surface area (Å²) in [4.78, 5) is 34.8. The van der Waals surface area contributed by atoms with Gasteiger partial charge in [-0.3, -0.25) is 29.5 Å². The number of aromatic amines is 1. The molecule has 2 heterocycles. The number of nitro benzene ring substituents is 1. The van der Waals surface area contributed by atoms with Crippen LogP contribution in [0, 0.1) is 10.1 Å². The Hall–Kier alpha value is -2.55. The molecule has 0 spiro atoms. The third kappa shape index (κ3) is 2.82. The first-order chi connectivity index (χ1) is 11.4. The van der Waals surface area contributed by atoms with Crippen molar-refractivity contribution in [2.75, 3.05) is 11.1 Å². The van der Waals surface area contributed by atoms with Crippen molar-refractivity contribution in [3.63, 3.8) is 0 Å². The van der Waals surface area contributed by atoms with E-state index in [0.29, 0.717) is 11.4 Å². The van der Waals surface area contributed by atoms with E-state index in [1.165, 1.54) is 23.9 Å². The van der Waals surface area contributed by atoms with Gasteiger partial charge < -0.3 is 5.32 Å². The largest absolute Gasteiger partial charge is 0.310 e. The summed E-state index contributed by atoms with van der Waals surface area (Å²) in [6.07, 6.45) is 0. The second kappa shape index (κ2) is 6.16. The summed E-state index contributed by atoms with van der Waals surface area (Å²) in [5.74, 6) is 0.487. The SMILES string of the molecule is CC(C)n1[nH]c(=O)c2c1NC(=O)CS[C@H]2c1ccc([N+](=O)[O-])cc1. The quantitative estimate of drug-likeness (QED) is 0.654. The number of nitrogens with one attached hydrogen (secondary N) is 2. The molecule has 2 aromatic rings. The molecule has 0 fully saturated rings. The van der Waals surface area contributed by atoms with Gasteiger partial charge in [-0.25, -0.2) is 0 Å². The van der Waals surface area contributed by atoms with Crippen molar-refractivity contribution >= 4 is 29.2 Å². The Morgan fingerprint density at radius 1 is 1.29 bits per heavy atom. The second-order valence-corrected chi connectivity index (χ2v) is 6.85. The summed E-state index contributed by atoms with van der Waals surface area (Å²) < 4.78 is 1.64. The Balaban J connectivity index is 2.12. The molecule has 1 atom stereocenters. The van der Waals surface area contributed by atoms with Crippen LogP contribution in [0.25, 0.3) is 0 Å². The zero-order valence-corrected chi connectivity index (χ0v) is 13.9. The number of carbonyl (C=O) groups is 1. The topological polar surface area (TPSA) is 110 Å². The first-order valence-corrected chi connectivity index (χ1v) is 8.43. The smallest absolute Gasteiger partial charge is 0.270 e. The van der Waals surface area contributed by atoms with Crippen molar-refractivity contribution < 1.29 is 9.72 Å². The molecule has 1 aromatic heterocycles. The number of nitro groups is 1. The fourth-order valence-corrected chi connectivity index (χ4v) is 3.79. The van der Waals surface area contributed by atoms with E-state index in [4.69, 9.17) is 0 Å². The maximum Gasteiger partial charge on any atom is 0.270 e. The Morgan fingerprint density at radius 3 is 2.54 bits per heavy atom. The average Bonchev–Trinajstić information content (AvgIpc) is 2.75. The number of benzene rings is 1. The highest BCUT2D eigenvalue weighted by molar-refractivity contribution is 8.00. The van der Waals surface area contributed by atoms with Gasteiger partial charge in [0, 0.05) is 18.2 Å². The summed E-state index contributed by atoms with van der Waals surface area (Å²) in [6.45, 7) is 3.81. The van der Waals surface area contributed by atoms with Crippen LogP contribution in [-0.4, -0.2) is 26.4 Å². The van der Waals surface area contributed by atoms with E-state index in [9.17, 15) is 19.7 Å². The van der Waals surface area contributed by atoms with Gasteiger partial charge in [0.15, 0.2) is 0 Å². The summed E-state index contributed by atoms with van der Waals surface area (Å²) in [6, 6.07) is 6.04. The molecule has 24 heavy (non-hydrogen) atoms. The Labute approximate surface area is 141 Å². The van der Waals surface area contributed by atoms with Gasteiger partial charge >= 0.3 is 0 Å². The number of non-ortho nitro benzene ring substituents is 1.